The zero-order chi connectivity index (χ0) is 13.7. The second-order valence-electron chi connectivity index (χ2n) is 5.94. The molecule has 1 fully saturated rings. The van der Waals surface area contributed by atoms with Crippen molar-refractivity contribution in [1.82, 2.24) is 5.32 Å². The molecule has 0 spiro atoms. The van der Waals surface area contributed by atoms with Crippen LogP contribution in [-0.4, -0.2) is 20.8 Å². The van der Waals surface area contributed by atoms with Crippen molar-refractivity contribution >= 4 is 0 Å². The molecule has 1 aliphatic carbocycles. The van der Waals surface area contributed by atoms with Crippen LogP contribution in [0.1, 0.15) is 55.7 Å². The molecule has 2 heteroatoms. The molecule has 0 heterocycles. The topological polar surface area (TPSA) is 21.3 Å². The third kappa shape index (κ3) is 3.80. The van der Waals surface area contributed by atoms with Crippen LogP contribution in [0.15, 0.2) is 24.3 Å². The summed E-state index contributed by atoms with van der Waals surface area (Å²) in [7, 11) is 3.84. The molecule has 0 amide bonds. The maximum absolute atomic E-state index is 5.25. The van der Waals surface area contributed by atoms with Gasteiger partial charge in [0.2, 0.25) is 0 Å². The Morgan fingerprint density at radius 3 is 2.74 bits per heavy atom. The summed E-state index contributed by atoms with van der Waals surface area (Å²) in [4.78, 5) is 0. The van der Waals surface area contributed by atoms with Crippen molar-refractivity contribution in [3.8, 4) is 0 Å². The van der Waals surface area contributed by atoms with E-state index in [1.54, 1.807) is 7.11 Å². The van der Waals surface area contributed by atoms with E-state index >= 15 is 0 Å². The Morgan fingerprint density at radius 2 is 2.16 bits per heavy atom. The van der Waals surface area contributed by atoms with Gasteiger partial charge < -0.3 is 10.1 Å². The molecule has 2 nitrogen and oxygen atoms in total. The van der Waals surface area contributed by atoms with Gasteiger partial charge in [0.1, 0.15) is 0 Å². The summed E-state index contributed by atoms with van der Waals surface area (Å²) in [6.07, 6.45) is 5.26. The quantitative estimate of drug-likeness (QED) is 0.804. The molecule has 0 aliphatic heterocycles. The average molecular weight is 261 g/mol. The van der Waals surface area contributed by atoms with E-state index in [9.17, 15) is 0 Å². The number of methoxy groups -OCH3 is 1. The minimum atomic E-state index is 0.435. The summed E-state index contributed by atoms with van der Waals surface area (Å²) in [6, 6.07) is 9.60. The number of ether oxygens (including phenoxy) is 1. The number of nitrogens with one attached hydrogen (secondary N) is 1. The van der Waals surface area contributed by atoms with Gasteiger partial charge in [0, 0.05) is 19.8 Å². The SMILES string of the molecule is CNC(CC(C)COC)c1cccc(C2CCC2)c1. The molecule has 1 aromatic rings. The Morgan fingerprint density at radius 1 is 1.37 bits per heavy atom. The van der Waals surface area contributed by atoms with Crippen molar-refractivity contribution in [2.45, 2.75) is 44.6 Å². The standard InChI is InChI=1S/C17H27NO/c1-13(12-19-3)10-17(18-2)16-9-5-8-15(11-16)14-6-4-7-14/h5,8-9,11,13-14,17-18H,4,6-7,10,12H2,1-3H3. The first-order chi connectivity index (χ1) is 9.24. The molecule has 2 rings (SSSR count). The van der Waals surface area contributed by atoms with Crippen LogP contribution < -0.4 is 5.32 Å². The molecular formula is C17H27NO. The predicted octanol–water partition coefficient (Wildman–Crippen LogP) is 3.89. The van der Waals surface area contributed by atoms with E-state index in [0.717, 1.165) is 18.9 Å². The first-order valence-corrected chi connectivity index (χ1v) is 7.50. The summed E-state index contributed by atoms with van der Waals surface area (Å²) < 4.78 is 5.25. The highest BCUT2D eigenvalue weighted by molar-refractivity contribution is 5.29. The molecule has 0 aromatic heterocycles. The fourth-order valence-electron chi connectivity index (χ4n) is 2.95. The highest BCUT2D eigenvalue weighted by Crippen LogP contribution is 2.37. The Labute approximate surface area is 117 Å². The molecule has 106 valence electrons. The lowest BCUT2D eigenvalue weighted by atomic mass is 9.79. The molecule has 2 unspecified atom stereocenters. The van der Waals surface area contributed by atoms with E-state index in [-0.39, 0.29) is 0 Å². The summed E-state index contributed by atoms with van der Waals surface area (Å²) in [5.41, 5.74) is 2.96. The first kappa shape index (κ1) is 14.5. The zero-order valence-corrected chi connectivity index (χ0v) is 12.5. The van der Waals surface area contributed by atoms with Crippen molar-refractivity contribution in [1.29, 1.82) is 0 Å². The van der Waals surface area contributed by atoms with Crippen LogP contribution in [-0.2, 0) is 4.74 Å². The van der Waals surface area contributed by atoms with Gasteiger partial charge in [-0.15, -0.1) is 0 Å². The fraction of sp³-hybridized carbons (Fsp3) is 0.647. The van der Waals surface area contributed by atoms with Gasteiger partial charge in [-0.05, 0) is 49.3 Å². The molecule has 0 saturated heterocycles. The highest BCUT2D eigenvalue weighted by Gasteiger charge is 2.21. The first-order valence-electron chi connectivity index (χ1n) is 7.50. The van der Waals surface area contributed by atoms with Crippen molar-refractivity contribution in [2.75, 3.05) is 20.8 Å². The minimum absolute atomic E-state index is 0.435. The summed E-state index contributed by atoms with van der Waals surface area (Å²) in [6.45, 7) is 3.09. The Bertz CT molecular complexity index is 387. The van der Waals surface area contributed by atoms with Gasteiger partial charge in [-0.1, -0.05) is 37.6 Å². The third-order valence-electron chi connectivity index (χ3n) is 4.33. The average Bonchev–Trinajstić information content (AvgIpc) is 2.34. The maximum Gasteiger partial charge on any atom is 0.0488 e. The lowest BCUT2D eigenvalue weighted by Crippen LogP contribution is -2.21. The smallest absolute Gasteiger partial charge is 0.0488 e. The largest absolute Gasteiger partial charge is 0.384 e. The van der Waals surface area contributed by atoms with Crippen LogP contribution in [0, 0.1) is 5.92 Å². The van der Waals surface area contributed by atoms with Crippen molar-refractivity contribution in [3.05, 3.63) is 35.4 Å². The summed E-state index contributed by atoms with van der Waals surface area (Å²) in [5, 5.41) is 3.45. The van der Waals surface area contributed by atoms with E-state index in [0.29, 0.717) is 12.0 Å². The molecule has 1 aliphatic rings. The monoisotopic (exact) mass is 261 g/mol. The normalized spacial score (nSPS) is 18.9. The van der Waals surface area contributed by atoms with Crippen LogP contribution in [0.5, 0.6) is 0 Å². The number of hydrogen-bond acceptors (Lipinski definition) is 2. The van der Waals surface area contributed by atoms with Crippen molar-refractivity contribution in [3.63, 3.8) is 0 Å². The minimum Gasteiger partial charge on any atom is -0.384 e. The van der Waals surface area contributed by atoms with Crippen LogP contribution >= 0.6 is 0 Å². The fourth-order valence-corrected chi connectivity index (χ4v) is 2.95. The summed E-state index contributed by atoms with van der Waals surface area (Å²) in [5.74, 6) is 1.39. The van der Waals surface area contributed by atoms with Gasteiger partial charge in [0.25, 0.3) is 0 Å². The lowest BCUT2D eigenvalue weighted by molar-refractivity contribution is 0.150. The zero-order valence-electron chi connectivity index (χ0n) is 12.5. The van der Waals surface area contributed by atoms with Gasteiger partial charge in [-0.25, -0.2) is 0 Å². The molecule has 2 atom stereocenters. The predicted molar refractivity (Wildman–Crippen MR) is 80.5 cm³/mol. The molecule has 1 saturated carbocycles. The van der Waals surface area contributed by atoms with E-state index in [2.05, 4.69) is 43.6 Å². The second kappa shape index (κ2) is 7.06. The molecule has 0 radical (unpaired) electrons. The Balaban J connectivity index is 2.04. The van der Waals surface area contributed by atoms with Crippen molar-refractivity contribution < 1.29 is 4.74 Å². The molecular weight excluding hydrogens is 234 g/mol. The van der Waals surface area contributed by atoms with Gasteiger partial charge in [0.05, 0.1) is 0 Å². The van der Waals surface area contributed by atoms with Gasteiger partial charge in [-0.3, -0.25) is 0 Å². The van der Waals surface area contributed by atoms with Crippen LogP contribution in [0.3, 0.4) is 0 Å². The molecule has 1 aromatic carbocycles. The van der Waals surface area contributed by atoms with E-state index < -0.39 is 0 Å². The third-order valence-corrected chi connectivity index (χ3v) is 4.33. The second-order valence-corrected chi connectivity index (χ2v) is 5.94. The van der Waals surface area contributed by atoms with Crippen molar-refractivity contribution in [2.24, 2.45) is 5.92 Å². The number of hydrogen-bond donors (Lipinski definition) is 1. The molecule has 1 N–H and O–H groups in total. The molecule has 19 heavy (non-hydrogen) atoms. The van der Waals surface area contributed by atoms with E-state index in [1.807, 2.05) is 0 Å². The van der Waals surface area contributed by atoms with Crippen LogP contribution in [0.4, 0.5) is 0 Å². The van der Waals surface area contributed by atoms with Gasteiger partial charge in [0.15, 0.2) is 0 Å². The van der Waals surface area contributed by atoms with Crippen LogP contribution in [0.2, 0.25) is 0 Å². The number of rotatable bonds is 7. The molecule has 0 bridgehead atoms. The lowest BCUT2D eigenvalue weighted by Gasteiger charge is -2.27. The number of benzene rings is 1. The van der Waals surface area contributed by atoms with Gasteiger partial charge >= 0.3 is 0 Å². The van der Waals surface area contributed by atoms with Crippen LogP contribution in [0.25, 0.3) is 0 Å². The highest BCUT2D eigenvalue weighted by atomic mass is 16.5. The van der Waals surface area contributed by atoms with E-state index in [4.69, 9.17) is 4.74 Å². The summed E-state index contributed by atoms with van der Waals surface area (Å²) >= 11 is 0. The maximum atomic E-state index is 5.25. The van der Waals surface area contributed by atoms with E-state index in [1.165, 1.54) is 30.4 Å². The Kier molecular flexibility index (Phi) is 5.41. The Hall–Kier alpha value is -0.860. The van der Waals surface area contributed by atoms with Gasteiger partial charge in [-0.2, -0.15) is 0 Å².